The van der Waals surface area contributed by atoms with Crippen LogP contribution in [0, 0.1) is 0 Å². The molecule has 2 aromatic rings. The van der Waals surface area contributed by atoms with E-state index in [0.717, 1.165) is 21.3 Å². The quantitative estimate of drug-likeness (QED) is 0.908. The molecule has 0 bridgehead atoms. The minimum absolute atomic E-state index is 0.318. The van der Waals surface area contributed by atoms with Crippen LogP contribution in [0.5, 0.6) is 0 Å². The average Bonchev–Trinajstić information content (AvgIpc) is 2.77. The molecule has 0 aliphatic heterocycles. The maximum Gasteiger partial charge on any atom is 0.0973 e. The molecule has 1 heterocycles. The summed E-state index contributed by atoms with van der Waals surface area (Å²) in [6, 6.07) is 7.73. The van der Waals surface area contributed by atoms with Crippen LogP contribution in [0.15, 0.2) is 29.6 Å². The van der Waals surface area contributed by atoms with Crippen LogP contribution < -0.4 is 5.73 Å². The number of rotatable bonds is 3. The predicted octanol–water partition coefficient (Wildman–Crippen LogP) is 3.53. The third-order valence-corrected chi connectivity index (χ3v) is 3.73. The lowest BCUT2D eigenvalue weighted by Gasteiger charge is -2.02. The van der Waals surface area contributed by atoms with E-state index in [-0.39, 0.29) is 0 Å². The molecule has 1 aromatic carbocycles. The highest BCUT2D eigenvalue weighted by atomic mass is 35.5. The summed E-state index contributed by atoms with van der Waals surface area (Å²) in [7, 11) is 0. The Morgan fingerprint density at radius 1 is 1.50 bits per heavy atom. The second-order valence-corrected chi connectivity index (χ2v) is 5.04. The van der Waals surface area contributed by atoms with Gasteiger partial charge in [0.05, 0.1) is 10.7 Å². The zero-order valence-corrected chi connectivity index (χ0v) is 10.6. The summed E-state index contributed by atoms with van der Waals surface area (Å²) in [4.78, 5) is 4.57. The molecule has 84 valence electrons. The van der Waals surface area contributed by atoms with Crippen molar-refractivity contribution in [2.24, 2.45) is 5.73 Å². The fraction of sp³-hybridized carbons (Fsp3) is 0.250. The third kappa shape index (κ3) is 2.43. The van der Waals surface area contributed by atoms with E-state index >= 15 is 0 Å². The molecule has 1 aromatic heterocycles. The summed E-state index contributed by atoms with van der Waals surface area (Å²) in [5, 5.41) is 3.86. The summed E-state index contributed by atoms with van der Waals surface area (Å²) in [6.45, 7) is 2.71. The lowest BCUT2D eigenvalue weighted by Crippen LogP contribution is -2.08. The molecule has 0 amide bonds. The van der Waals surface area contributed by atoms with Gasteiger partial charge in [-0.15, -0.1) is 11.3 Å². The van der Waals surface area contributed by atoms with Crippen molar-refractivity contribution >= 4 is 22.9 Å². The molecule has 4 heteroatoms. The lowest BCUT2D eigenvalue weighted by molar-refractivity contribution is 0.766. The monoisotopic (exact) mass is 252 g/mol. The molecule has 0 fully saturated rings. The molecule has 0 aliphatic carbocycles. The molecule has 0 saturated carbocycles. The molecule has 2 rings (SSSR count). The first-order valence-electron chi connectivity index (χ1n) is 5.12. The minimum atomic E-state index is 0.318. The number of nitrogens with zero attached hydrogens (tertiary/aromatic N) is 1. The first kappa shape index (κ1) is 11.6. The summed E-state index contributed by atoms with van der Waals surface area (Å²) in [5.41, 5.74) is 7.65. The smallest absolute Gasteiger partial charge is 0.0973 e. The summed E-state index contributed by atoms with van der Waals surface area (Å²) < 4.78 is 0. The van der Waals surface area contributed by atoms with Crippen molar-refractivity contribution < 1.29 is 0 Å². The standard InChI is InChI=1S/C12H13ClN2S/c1-8(6-14)12-15-11(7-16-12)9-3-2-4-10(13)5-9/h2-5,7-8H,6,14H2,1H3. The highest BCUT2D eigenvalue weighted by Crippen LogP contribution is 2.27. The van der Waals surface area contributed by atoms with Crippen LogP contribution in [0.3, 0.4) is 0 Å². The second kappa shape index (κ2) is 4.95. The van der Waals surface area contributed by atoms with Gasteiger partial charge in [0.2, 0.25) is 0 Å². The zero-order chi connectivity index (χ0) is 11.5. The van der Waals surface area contributed by atoms with Crippen LogP contribution in [0.2, 0.25) is 5.02 Å². The number of halogens is 1. The Labute approximate surface area is 104 Å². The maximum absolute atomic E-state index is 5.95. The van der Waals surface area contributed by atoms with Gasteiger partial charge in [-0.25, -0.2) is 4.98 Å². The number of hydrogen-bond acceptors (Lipinski definition) is 3. The molecule has 16 heavy (non-hydrogen) atoms. The van der Waals surface area contributed by atoms with Crippen molar-refractivity contribution in [1.82, 2.24) is 4.98 Å². The third-order valence-electron chi connectivity index (χ3n) is 2.42. The van der Waals surface area contributed by atoms with Gasteiger partial charge in [0.25, 0.3) is 0 Å². The predicted molar refractivity (Wildman–Crippen MR) is 70.0 cm³/mol. The molecule has 2 nitrogen and oxygen atoms in total. The van der Waals surface area contributed by atoms with E-state index in [4.69, 9.17) is 17.3 Å². The van der Waals surface area contributed by atoms with Crippen LogP contribution in [-0.2, 0) is 0 Å². The van der Waals surface area contributed by atoms with Crippen molar-refractivity contribution in [2.75, 3.05) is 6.54 Å². The average molecular weight is 253 g/mol. The number of nitrogens with two attached hydrogens (primary N) is 1. The largest absolute Gasteiger partial charge is 0.330 e. The Hall–Kier alpha value is -0.900. The fourth-order valence-corrected chi connectivity index (χ4v) is 2.49. The molecular weight excluding hydrogens is 240 g/mol. The molecule has 0 aliphatic rings. The summed E-state index contributed by atoms with van der Waals surface area (Å²) >= 11 is 7.60. The molecule has 0 spiro atoms. The zero-order valence-electron chi connectivity index (χ0n) is 8.98. The van der Waals surface area contributed by atoms with Crippen LogP contribution in [-0.4, -0.2) is 11.5 Å². The van der Waals surface area contributed by atoms with Gasteiger partial charge in [0, 0.05) is 28.4 Å². The van der Waals surface area contributed by atoms with Gasteiger partial charge in [0.15, 0.2) is 0 Å². The van der Waals surface area contributed by atoms with E-state index in [1.165, 1.54) is 0 Å². The lowest BCUT2D eigenvalue weighted by atomic mass is 10.1. The van der Waals surface area contributed by atoms with E-state index in [9.17, 15) is 0 Å². The SMILES string of the molecule is CC(CN)c1nc(-c2cccc(Cl)c2)cs1. The molecule has 1 atom stereocenters. The second-order valence-electron chi connectivity index (χ2n) is 3.72. The Morgan fingerprint density at radius 2 is 2.31 bits per heavy atom. The summed E-state index contributed by atoms with van der Waals surface area (Å²) in [5.74, 6) is 0.318. The van der Waals surface area contributed by atoms with Gasteiger partial charge < -0.3 is 5.73 Å². The normalized spacial score (nSPS) is 12.7. The van der Waals surface area contributed by atoms with Crippen molar-refractivity contribution in [3.63, 3.8) is 0 Å². The maximum atomic E-state index is 5.95. The van der Waals surface area contributed by atoms with Crippen LogP contribution in [0.4, 0.5) is 0 Å². The topological polar surface area (TPSA) is 38.9 Å². The van der Waals surface area contributed by atoms with Crippen molar-refractivity contribution in [3.8, 4) is 11.3 Å². The highest BCUT2D eigenvalue weighted by molar-refractivity contribution is 7.10. The molecule has 1 unspecified atom stereocenters. The number of hydrogen-bond donors (Lipinski definition) is 1. The fourth-order valence-electron chi connectivity index (χ4n) is 1.40. The van der Waals surface area contributed by atoms with Gasteiger partial charge in [-0.05, 0) is 12.1 Å². The highest BCUT2D eigenvalue weighted by Gasteiger charge is 2.09. The number of benzene rings is 1. The van der Waals surface area contributed by atoms with E-state index < -0.39 is 0 Å². The van der Waals surface area contributed by atoms with E-state index in [1.54, 1.807) is 11.3 Å². The van der Waals surface area contributed by atoms with Gasteiger partial charge in [-0.3, -0.25) is 0 Å². The molecule has 0 radical (unpaired) electrons. The Bertz CT molecular complexity index is 481. The van der Waals surface area contributed by atoms with Crippen LogP contribution >= 0.6 is 22.9 Å². The Balaban J connectivity index is 2.31. The van der Waals surface area contributed by atoms with E-state index in [0.29, 0.717) is 12.5 Å². The van der Waals surface area contributed by atoms with Crippen molar-refractivity contribution in [1.29, 1.82) is 0 Å². The van der Waals surface area contributed by atoms with Gasteiger partial charge in [0.1, 0.15) is 0 Å². The summed E-state index contributed by atoms with van der Waals surface area (Å²) in [6.07, 6.45) is 0. The van der Waals surface area contributed by atoms with Crippen molar-refractivity contribution in [3.05, 3.63) is 39.7 Å². The van der Waals surface area contributed by atoms with Gasteiger partial charge in [-0.2, -0.15) is 0 Å². The van der Waals surface area contributed by atoms with E-state index in [2.05, 4.69) is 11.9 Å². The van der Waals surface area contributed by atoms with E-state index in [1.807, 2.05) is 29.6 Å². The molecule has 0 saturated heterocycles. The van der Waals surface area contributed by atoms with Crippen LogP contribution in [0.1, 0.15) is 17.8 Å². The molecule has 2 N–H and O–H groups in total. The number of thiazole rings is 1. The van der Waals surface area contributed by atoms with Gasteiger partial charge >= 0.3 is 0 Å². The first-order valence-corrected chi connectivity index (χ1v) is 6.38. The first-order chi connectivity index (χ1) is 7.70. The number of aromatic nitrogens is 1. The minimum Gasteiger partial charge on any atom is -0.330 e. The Morgan fingerprint density at radius 3 is 3.00 bits per heavy atom. The van der Waals surface area contributed by atoms with Crippen molar-refractivity contribution in [2.45, 2.75) is 12.8 Å². The van der Waals surface area contributed by atoms with Crippen LogP contribution in [0.25, 0.3) is 11.3 Å². The van der Waals surface area contributed by atoms with Gasteiger partial charge in [-0.1, -0.05) is 30.7 Å². The Kier molecular flexibility index (Phi) is 3.59. The molecular formula is C12H13ClN2S.